The number of hydrogen-bond acceptors (Lipinski definition) is 6. The Morgan fingerprint density at radius 1 is 1.14 bits per heavy atom. The van der Waals surface area contributed by atoms with Crippen LogP contribution in [0.1, 0.15) is 15.9 Å². The van der Waals surface area contributed by atoms with Crippen LogP contribution in [0.15, 0.2) is 24.4 Å². The summed E-state index contributed by atoms with van der Waals surface area (Å²) in [6.07, 6.45) is 2.19. The first-order chi connectivity index (χ1) is 13.4. The zero-order valence-corrected chi connectivity index (χ0v) is 16.8. The van der Waals surface area contributed by atoms with Crippen molar-refractivity contribution >= 4 is 11.8 Å². The average Bonchev–Trinajstić information content (AvgIpc) is 3.07. The van der Waals surface area contributed by atoms with Gasteiger partial charge in [-0.15, -0.1) is 5.10 Å². The number of nitrogens with one attached hydrogen (secondary N) is 1. The number of aryl methyl sites for hydroxylation is 1. The molecule has 0 saturated carbocycles. The first-order valence-electron chi connectivity index (χ1n) is 8.70. The van der Waals surface area contributed by atoms with Crippen molar-refractivity contribution in [2.24, 2.45) is 7.05 Å². The fourth-order valence-electron chi connectivity index (χ4n) is 2.70. The number of benzene rings is 1. The minimum Gasteiger partial charge on any atom is -0.493 e. The number of nitrogens with zero attached hydrogens (tertiary/aromatic N) is 3. The van der Waals surface area contributed by atoms with E-state index in [9.17, 15) is 9.59 Å². The maximum atomic E-state index is 12.5. The Morgan fingerprint density at radius 3 is 2.50 bits per heavy atom. The van der Waals surface area contributed by atoms with Gasteiger partial charge < -0.3 is 24.4 Å². The molecule has 1 aromatic heterocycles. The molecule has 0 aliphatic carbocycles. The fraction of sp³-hybridized carbons (Fsp3) is 0.421. The highest BCUT2D eigenvalue weighted by Gasteiger charge is 2.21. The van der Waals surface area contributed by atoms with Gasteiger partial charge in [0.05, 0.1) is 27.9 Å². The zero-order chi connectivity index (χ0) is 20.7. The van der Waals surface area contributed by atoms with Crippen molar-refractivity contribution in [2.45, 2.75) is 6.42 Å². The van der Waals surface area contributed by atoms with Gasteiger partial charge in [-0.05, 0) is 24.1 Å². The minimum absolute atomic E-state index is 0.0667. The van der Waals surface area contributed by atoms with Crippen LogP contribution in [0.5, 0.6) is 17.4 Å². The van der Waals surface area contributed by atoms with E-state index in [1.54, 1.807) is 34.5 Å². The molecule has 0 atom stereocenters. The molecule has 0 unspecified atom stereocenters. The van der Waals surface area contributed by atoms with Crippen molar-refractivity contribution in [3.05, 3.63) is 35.5 Å². The Morgan fingerprint density at radius 2 is 1.86 bits per heavy atom. The van der Waals surface area contributed by atoms with E-state index in [0.717, 1.165) is 5.56 Å². The Kier molecular flexibility index (Phi) is 7.25. The number of ether oxygens (including phenoxy) is 3. The first-order valence-corrected chi connectivity index (χ1v) is 8.70. The maximum Gasteiger partial charge on any atom is 0.261 e. The van der Waals surface area contributed by atoms with Gasteiger partial charge in [0, 0.05) is 26.8 Å². The second-order valence-corrected chi connectivity index (χ2v) is 6.18. The number of likely N-dealkylation sites (N-methyl/N-ethyl adjacent to an activating group) is 1. The van der Waals surface area contributed by atoms with Crippen LogP contribution >= 0.6 is 0 Å². The molecule has 1 N–H and O–H groups in total. The van der Waals surface area contributed by atoms with Gasteiger partial charge in [0.15, 0.2) is 11.5 Å². The van der Waals surface area contributed by atoms with Crippen molar-refractivity contribution in [1.29, 1.82) is 0 Å². The third-order valence-electron chi connectivity index (χ3n) is 4.13. The monoisotopic (exact) mass is 390 g/mol. The lowest BCUT2D eigenvalue weighted by molar-refractivity contribution is -0.121. The smallest absolute Gasteiger partial charge is 0.261 e. The second-order valence-electron chi connectivity index (χ2n) is 6.18. The SMILES string of the molecule is COc1ccc(CCNC(=O)CN(C)C(=O)c2cn(C)nc2OC)cc1OC. The van der Waals surface area contributed by atoms with Gasteiger partial charge in [-0.3, -0.25) is 14.3 Å². The molecule has 0 spiro atoms. The summed E-state index contributed by atoms with van der Waals surface area (Å²) in [6.45, 7) is 0.370. The maximum absolute atomic E-state index is 12.5. The van der Waals surface area contributed by atoms with E-state index in [2.05, 4.69) is 10.4 Å². The molecular formula is C19H26N4O5. The van der Waals surface area contributed by atoms with Crippen LogP contribution in [0.4, 0.5) is 0 Å². The van der Waals surface area contributed by atoms with Crippen LogP contribution in [0, 0.1) is 0 Å². The van der Waals surface area contributed by atoms with E-state index in [4.69, 9.17) is 14.2 Å². The Balaban J connectivity index is 1.86. The molecule has 0 fully saturated rings. The van der Waals surface area contributed by atoms with Crippen molar-refractivity contribution in [3.63, 3.8) is 0 Å². The van der Waals surface area contributed by atoms with Gasteiger partial charge in [0.25, 0.3) is 5.91 Å². The zero-order valence-electron chi connectivity index (χ0n) is 16.8. The van der Waals surface area contributed by atoms with Crippen molar-refractivity contribution in [2.75, 3.05) is 41.5 Å². The summed E-state index contributed by atoms with van der Waals surface area (Å²) in [6, 6.07) is 5.61. The largest absolute Gasteiger partial charge is 0.493 e. The number of aromatic nitrogens is 2. The van der Waals surface area contributed by atoms with Crippen molar-refractivity contribution < 1.29 is 23.8 Å². The van der Waals surface area contributed by atoms with Crippen molar-refractivity contribution in [1.82, 2.24) is 20.0 Å². The van der Waals surface area contributed by atoms with E-state index in [0.29, 0.717) is 30.0 Å². The molecule has 152 valence electrons. The normalized spacial score (nSPS) is 10.3. The molecular weight excluding hydrogens is 364 g/mol. The number of hydrogen-bond donors (Lipinski definition) is 1. The third kappa shape index (κ3) is 5.15. The summed E-state index contributed by atoms with van der Waals surface area (Å²) in [5.74, 6) is 0.940. The summed E-state index contributed by atoms with van der Waals surface area (Å²) in [5.41, 5.74) is 1.31. The molecule has 0 aliphatic rings. The number of carbonyl (C=O) groups excluding carboxylic acids is 2. The molecule has 1 heterocycles. The van der Waals surface area contributed by atoms with Gasteiger partial charge in [-0.25, -0.2) is 0 Å². The standard InChI is InChI=1S/C19H26N4O5/c1-22(19(25)14-11-23(2)21-18(14)28-5)12-17(24)20-9-8-13-6-7-15(26-3)16(10-13)27-4/h6-7,10-11H,8-9,12H2,1-5H3,(H,20,24). The van der Waals surface area contributed by atoms with Crippen LogP contribution in [0.2, 0.25) is 0 Å². The second kappa shape index (κ2) is 9.63. The van der Waals surface area contributed by atoms with E-state index < -0.39 is 0 Å². The van der Waals surface area contributed by atoms with Gasteiger partial charge in [-0.2, -0.15) is 0 Å². The van der Waals surface area contributed by atoms with E-state index >= 15 is 0 Å². The molecule has 0 saturated heterocycles. The number of methoxy groups -OCH3 is 3. The highest BCUT2D eigenvalue weighted by molar-refractivity contribution is 5.98. The minimum atomic E-state index is -0.333. The van der Waals surface area contributed by atoms with E-state index in [1.807, 2.05) is 18.2 Å². The fourth-order valence-corrected chi connectivity index (χ4v) is 2.70. The molecule has 2 aromatic rings. The van der Waals surface area contributed by atoms with Crippen LogP contribution in [0.25, 0.3) is 0 Å². The topological polar surface area (TPSA) is 94.9 Å². The molecule has 9 nitrogen and oxygen atoms in total. The Labute approximate surface area is 164 Å². The summed E-state index contributed by atoms with van der Waals surface area (Å²) in [7, 11) is 7.85. The third-order valence-corrected chi connectivity index (χ3v) is 4.13. The summed E-state index contributed by atoms with van der Waals surface area (Å²) in [4.78, 5) is 26.0. The predicted molar refractivity (Wildman–Crippen MR) is 103 cm³/mol. The molecule has 9 heteroatoms. The van der Waals surface area contributed by atoms with Crippen molar-refractivity contribution in [3.8, 4) is 17.4 Å². The molecule has 0 bridgehead atoms. The number of rotatable bonds is 9. The molecule has 1 aromatic carbocycles. The molecule has 0 radical (unpaired) electrons. The molecule has 0 aliphatic heterocycles. The molecule has 2 amide bonds. The lowest BCUT2D eigenvalue weighted by Crippen LogP contribution is -2.39. The summed E-state index contributed by atoms with van der Waals surface area (Å²) in [5, 5.41) is 6.86. The van der Waals surface area contributed by atoms with Gasteiger partial charge in [0.1, 0.15) is 5.56 Å². The van der Waals surface area contributed by atoms with Crippen LogP contribution in [-0.2, 0) is 18.3 Å². The van der Waals surface area contributed by atoms with E-state index in [1.165, 1.54) is 16.7 Å². The Hall–Kier alpha value is -3.23. The lowest BCUT2D eigenvalue weighted by atomic mass is 10.1. The van der Waals surface area contributed by atoms with E-state index in [-0.39, 0.29) is 24.2 Å². The van der Waals surface area contributed by atoms with Crippen LogP contribution in [-0.4, -0.2) is 68.0 Å². The van der Waals surface area contributed by atoms with Crippen LogP contribution < -0.4 is 19.5 Å². The van der Waals surface area contributed by atoms with Gasteiger partial charge in [-0.1, -0.05) is 6.07 Å². The van der Waals surface area contributed by atoms with Crippen LogP contribution in [0.3, 0.4) is 0 Å². The quantitative estimate of drug-likeness (QED) is 0.683. The highest BCUT2D eigenvalue weighted by Crippen LogP contribution is 2.27. The molecule has 28 heavy (non-hydrogen) atoms. The summed E-state index contributed by atoms with van der Waals surface area (Å²) < 4.78 is 17.1. The van der Waals surface area contributed by atoms with Gasteiger partial charge >= 0.3 is 0 Å². The Bertz CT molecular complexity index is 834. The predicted octanol–water partition coefficient (Wildman–Crippen LogP) is 0.877. The number of carbonyl (C=O) groups is 2. The summed E-state index contributed by atoms with van der Waals surface area (Å²) >= 11 is 0. The highest BCUT2D eigenvalue weighted by atomic mass is 16.5. The molecule has 2 rings (SSSR count). The first kappa shape index (κ1) is 21.1. The average molecular weight is 390 g/mol. The lowest BCUT2D eigenvalue weighted by Gasteiger charge is -2.16. The number of amides is 2. The van der Waals surface area contributed by atoms with Gasteiger partial charge in [0.2, 0.25) is 11.8 Å².